The molecule has 1 atom stereocenters. The summed E-state index contributed by atoms with van der Waals surface area (Å²) >= 11 is 0. The first-order valence-corrected chi connectivity index (χ1v) is 6.71. The normalized spacial score (nSPS) is 21.7. The lowest BCUT2D eigenvalue weighted by molar-refractivity contribution is 0.573. The van der Waals surface area contributed by atoms with E-state index in [4.69, 9.17) is 0 Å². The minimum atomic E-state index is -3.22. The van der Waals surface area contributed by atoms with E-state index in [0.717, 1.165) is 19.4 Å². The van der Waals surface area contributed by atoms with Crippen molar-refractivity contribution < 1.29 is 8.42 Å². The predicted octanol–water partition coefficient (Wildman–Crippen LogP) is 0.607. The van der Waals surface area contributed by atoms with Gasteiger partial charge in [-0.3, -0.25) is 0 Å². The Labute approximate surface area is 89.6 Å². The highest BCUT2D eigenvalue weighted by Gasteiger charge is 2.24. The molecule has 5 heteroatoms. The molecule has 1 aromatic heterocycles. The maximum atomic E-state index is 11.9. The zero-order valence-electron chi connectivity index (χ0n) is 8.39. The fourth-order valence-electron chi connectivity index (χ4n) is 1.78. The number of nitrogens with zero attached hydrogens (tertiary/aromatic N) is 1. The van der Waals surface area contributed by atoms with Crippen LogP contribution in [0.2, 0.25) is 0 Å². The van der Waals surface area contributed by atoms with Crippen LogP contribution in [-0.4, -0.2) is 31.7 Å². The summed E-state index contributed by atoms with van der Waals surface area (Å²) in [7, 11) is -3.22. The number of sulfone groups is 1. The van der Waals surface area contributed by atoms with E-state index >= 15 is 0 Å². The van der Waals surface area contributed by atoms with Crippen molar-refractivity contribution in [1.82, 2.24) is 10.3 Å². The molecule has 0 amide bonds. The Bertz CT molecular complexity index is 410. The van der Waals surface area contributed by atoms with Gasteiger partial charge in [-0.25, -0.2) is 13.4 Å². The van der Waals surface area contributed by atoms with Gasteiger partial charge in [0, 0.05) is 12.2 Å². The second-order valence-corrected chi connectivity index (χ2v) is 5.72. The van der Waals surface area contributed by atoms with Crippen LogP contribution in [0.4, 0.5) is 0 Å². The van der Waals surface area contributed by atoms with Crippen molar-refractivity contribution in [2.24, 2.45) is 0 Å². The number of nitrogens with one attached hydrogen (secondary N) is 1. The van der Waals surface area contributed by atoms with Gasteiger partial charge in [-0.15, -0.1) is 0 Å². The number of aromatic nitrogens is 1. The third-order valence-electron chi connectivity index (χ3n) is 2.54. The molecule has 0 bridgehead atoms. The van der Waals surface area contributed by atoms with Gasteiger partial charge >= 0.3 is 0 Å². The summed E-state index contributed by atoms with van der Waals surface area (Å²) in [5.74, 6) is 0.157. The lowest BCUT2D eigenvalue weighted by atomic mass is 10.3. The second kappa shape index (κ2) is 4.28. The Hall–Kier alpha value is -0.940. The van der Waals surface area contributed by atoms with E-state index < -0.39 is 9.84 Å². The average molecular weight is 226 g/mol. The third-order valence-corrected chi connectivity index (χ3v) is 4.26. The van der Waals surface area contributed by atoms with Gasteiger partial charge < -0.3 is 5.32 Å². The van der Waals surface area contributed by atoms with Gasteiger partial charge in [0.1, 0.15) is 0 Å². The monoisotopic (exact) mass is 226 g/mol. The van der Waals surface area contributed by atoms with Crippen LogP contribution in [0.5, 0.6) is 0 Å². The minimum absolute atomic E-state index is 0.0945. The number of hydrogen-bond donors (Lipinski definition) is 1. The lowest BCUT2D eigenvalue weighted by Gasteiger charge is -2.09. The molecule has 1 N–H and O–H groups in total. The van der Waals surface area contributed by atoms with Crippen molar-refractivity contribution in [3.05, 3.63) is 24.4 Å². The fraction of sp³-hybridized carbons (Fsp3) is 0.500. The molecule has 1 saturated heterocycles. The van der Waals surface area contributed by atoms with Crippen LogP contribution in [0.15, 0.2) is 29.4 Å². The maximum absolute atomic E-state index is 11.9. The third kappa shape index (κ3) is 2.54. The molecular formula is C10H14N2O2S. The van der Waals surface area contributed by atoms with Gasteiger partial charge in [0.25, 0.3) is 0 Å². The highest BCUT2D eigenvalue weighted by atomic mass is 32.2. The van der Waals surface area contributed by atoms with Crippen LogP contribution in [0.3, 0.4) is 0 Å². The summed E-state index contributed by atoms with van der Waals surface area (Å²) in [6.07, 6.45) is 3.50. The molecule has 1 aliphatic heterocycles. The quantitative estimate of drug-likeness (QED) is 0.820. The van der Waals surface area contributed by atoms with E-state index in [0.29, 0.717) is 0 Å². The molecule has 0 saturated carbocycles. The smallest absolute Gasteiger partial charge is 0.197 e. The summed E-state index contributed by atoms with van der Waals surface area (Å²) in [5.41, 5.74) is 0. The number of rotatable bonds is 3. The molecule has 2 heterocycles. The standard InChI is InChI=1S/C10H14N2O2S/c13-15(14,8-9-4-3-7-11-9)10-5-1-2-6-12-10/h1-2,5-6,9,11H,3-4,7-8H2/t9-/m0/s1. The SMILES string of the molecule is O=S(=O)(C[C@@H]1CCCN1)c1ccccn1. The molecule has 4 nitrogen and oxygen atoms in total. The van der Waals surface area contributed by atoms with Gasteiger partial charge in [-0.05, 0) is 31.5 Å². The van der Waals surface area contributed by atoms with Crippen LogP contribution in [0, 0.1) is 0 Å². The molecule has 1 fully saturated rings. The van der Waals surface area contributed by atoms with Gasteiger partial charge in [0.05, 0.1) is 5.75 Å². The Kier molecular flexibility index (Phi) is 3.02. The Balaban J connectivity index is 2.13. The average Bonchev–Trinajstić information content (AvgIpc) is 2.71. The molecule has 0 unspecified atom stereocenters. The van der Waals surface area contributed by atoms with E-state index in [-0.39, 0.29) is 16.8 Å². The lowest BCUT2D eigenvalue weighted by Crippen LogP contribution is -2.30. The summed E-state index contributed by atoms with van der Waals surface area (Å²) in [6.45, 7) is 0.919. The molecule has 0 aliphatic carbocycles. The van der Waals surface area contributed by atoms with Crippen LogP contribution < -0.4 is 5.32 Å². The van der Waals surface area contributed by atoms with Crippen molar-refractivity contribution in [1.29, 1.82) is 0 Å². The number of pyridine rings is 1. The first-order valence-electron chi connectivity index (χ1n) is 5.06. The van der Waals surface area contributed by atoms with E-state index in [9.17, 15) is 8.42 Å². The fourth-order valence-corrected chi connectivity index (χ4v) is 3.27. The topological polar surface area (TPSA) is 59.1 Å². The summed E-state index contributed by atoms with van der Waals surface area (Å²) in [6, 6.07) is 5.05. The van der Waals surface area contributed by atoms with Crippen LogP contribution >= 0.6 is 0 Å². The highest BCUT2D eigenvalue weighted by molar-refractivity contribution is 7.91. The second-order valence-electron chi connectivity index (χ2n) is 3.74. The van der Waals surface area contributed by atoms with Gasteiger partial charge in [-0.2, -0.15) is 0 Å². The first-order chi connectivity index (χ1) is 7.18. The predicted molar refractivity (Wildman–Crippen MR) is 57.3 cm³/mol. The zero-order valence-corrected chi connectivity index (χ0v) is 9.20. The number of hydrogen-bond acceptors (Lipinski definition) is 4. The molecule has 0 spiro atoms. The van der Waals surface area contributed by atoms with Crippen molar-refractivity contribution in [2.45, 2.75) is 23.9 Å². The first kappa shape index (κ1) is 10.6. The largest absolute Gasteiger partial charge is 0.313 e. The van der Waals surface area contributed by atoms with Gasteiger partial charge in [0.2, 0.25) is 0 Å². The van der Waals surface area contributed by atoms with E-state index in [1.807, 2.05) is 0 Å². The molecular weight excluding hydrogens is 212 g/mol. The van der Waals surface area contributed by atoms with E-state index in [2.05, 4.69) is 10.3 Å². The molecule has 15 heavy (non-hydrogen) atoms. The molecule has 0 aromatic carbocycles. The molecule has 2 rings (SSSR count). The van der Waals surface area contributed by atoms with Crippen molar-refractivity contribution in [3.63, 3.8) is 0 Å². The van der Waals surface area contributed by atoms with Gasteiger partial charge in [0.15, 0.2) is 14.9 Å². The maximum Gasteiger partial charge on any atom is 0.197 e. The van der Waals surface area contributed by atoms with E-state index in [1.165, 1.54) is 6.20 Å². The summed E-state index contributed by atoms with van der Waals surface area (Å²) in [5, 5.41) is 3.35. The Morgan fingerprint density at radius 2 is 2.33 bits per heavy atom. The molecule has 0 radical (unpaired) electrons. The van der Waals surface area contributed by atoms with Crippen molar-refractivity contribution in [3.8, 4) is 0 Å². The van der Waals surface area contributed by atoms with Crippen molar-refractivity contribution >= 4 is 9.84 Å². The Morgan fingerprint density at radius 1 is 1.47 bits per heavy atom. The van der Waals surface area contributed by atoms with E-state index in [1.54, 1.807) is 18.2 Å². The van der Waals surface area contributed by atoms with Crippen LogP contribution in [0.1, 0.15) is 12.8 Å². The van der Waals surface area contributed by atoms with Crippen LogP contribution in [-0.2, 0) is 9.84 Å². The zero-order chi connectivity index (χ0) is 10.7. The molecule has 1 aliphatic rings. The molecule has 82 valence electrons. The van der Waals surface area contributed by atoms with Gasteiger partial charge in [-0.1, -0.05) is 6.07 Å². The molecule has 1 aromatic rings. The summed E-state index contributed by atoms with van der Waals surface area (Å²) < 4.78 is 23.8. The van der Waals surface area contributed by atoms with Crippen LogP contribution in [0.25, 0.3) is 0 Å². The Morgan fingerprint density at radius 3 is 2.93 bits per heavy atom. The van der Waals surface area contributed by atoms with Crippen molar-refractivity contribution in [2.75, 3.05) is 12.3 Å². The highest BCUT2D eigenvalue weighted by Crippen LogP contribution is 2.13. The summed E-state index contributed by atoms with van der Waals surface area (Å²) in [4.78, 5) is 3.88. The minimum Gasteiger partial charge on any atom is -0.313 e.